The maximum Gasteiger partial charge on any atom is 0.309 e. The first kappa shape index (κ1) is 32.2. The number of halogens is 2. The summed E-state index contributed by atoms with van der Waals surface area (Å²) in [5.41, 5.74) is 7.48. The van der Waals surface area contributed by atoms with Crippen LogP contribution in [0.5, 0.6) is 0 Å². The summed E-state index contributed by atoms with van der Waals surface area (Å²) >= 11 is 2.02. The molecule has 0 saturated carbocycles. The molecule has 0 unspecified atom stereocenters. The lowest BCUT2D eigenvalue weighted by Gasteiger charge is -2.19. The van der Waals surface area contributed by atoms with Crippen LogP contribution in [0.2, 0.25) is 0 Å². The van der Waals surface area contributed by atoms with Crippen molar-refractivity contribution < 1.29 is 48.4 Å². The normalized spacial score (nSPS) is 15.7. The number of carboxylic acid groups (broad SMARTS) is 2. The van der Waals surface area contributed by atoms with Crippen LogP contribution in [0.25, 0.3) is 0 Å². The Labute approximate surface area is 245 Å². The predicted octanol–water partition coefficient (Wildman–Crippen LogP) is 3.53. The van der Waals surface area contributed by atoms with Gasteiger partial charge in [-0.2, -0.15) is 4.58 Å². The molecule has 2 aliphatic heterocycles. The van der Waals surface area contributed by atoms with E-state index in [9.17, 15) is 9.59 Å². The number of fused-ring (bicyclic) bond motifs is 2. The van der Waals surface area contributed by atoms with Crippen molar-refractivity contribution in [1.82, 2.24) is 0 Å². The molecule has 2 aromatic carbocycles. The van der Waals surface area contributed by atoms with Gasteiger partial charge in [0.15, 0.2) is 12.3 Å². The molecule has 0 radical (unpaired) electrons. The first-order valence-electron chi connectivity index (χ1n) is 11.7. The highest BCUT2D eigenvalue weighted by Crippen LogP contribution is 2.40. The fourth-order valence-electron chi connectivity index (χ4n) is 4.14. The van der Waals surface area contributed by atoms with Gasteiger partial charge in [-0.1, -0.05) is 72.8 Å². The van der Waals surface area contributed by atoms with E-state index >= 15 is 0 Å². The second-order valence-corrected chi connectivity index (χ2v) is 10.8. The second-order valence-electron chi connectivity index (χ2n) is 9.70. The molecule has 2 N–H and O–H groups in total. The summed E-state index contributed by atoms with van der Waals surface area (Å²) in [5, 5.41) is 16.7. The molecule has 2 aromatic rings. The average Bonchev–Trinajstić information content (AvgIpc) is 3.14. The average molecular weight is 718 g/mol. The molecule has 0 amide bonds. The number of aliphatic imine (C=N–C) groups is 1. The minimum atomic E-state index is -0.750. The second kappa shape index (κ2) is 13.6. The van der Waals surface area contributed by atoms with Gasteiger partial charge in [0.25, 0.3) is 0 Å². The van der Waals surface area contributed by atoms with Crippen molar-refractivity contribution in [3.63, 3.8) is 0 Å². The van der Waals surface area contributed by atoms with Crippen LogP contribution in [0, 0.1) is 0 Å². The number of alkyl halides is 1. The molecule has 6 nitrogen and oxygen atoms in total. The van der Waals surface area contributed by atoms with E-state index in [4.69, 9.17) is 10.2 Å². The van der Waals surface area contributed by atoms with Gasteiger partial charge in [0, 0.05) is 34.1 Å². The van der Waals surface area contributed by atoms with Gasteiger partial charge in [-0.05, 0) is 32.4 Å². The summed E-state index contributed by atoms with van der Waals surface area (Å²) in [4.78, 5) is 24.8. The Hall–Kier alpha value is -1.82. The van der Waals surface area contributed by atoms with Crippen molar-refractivity contribution >= 4 is 57.3 Å². The number of carbonyl (C=O) groups is 2. The van der Waals surface area contributed by atoms with Crippen LogP contribution in [0.3, 0.4) is 0 Å². The van der Waals surface area contributed by atoms with E-state index < -0.39 is 11.9 Å². The highest BCUT2D eigenvalue weighted by molar-refractivity contribution is 14.1. The molecule has 2 aliphatic rings. The molecule has 196 valence electrons. The molecule has 4 rings (SSSR count). The molecule has 8 heteroatoms. The number of para-hydroxylation sites is 2. The first-order chi connectivity index (χ1) is 16.3. The Kier molecular flexibility index (Phi) is 12.2. The third-order valence-corrected chi connectivity index (χ3v) is 7.34. The molecular weight excluding hydrogens is 682 g/mol. The summed E-state index contributed by atoms with van der Waals surface area (Å²) in [6, 6.07) is 16.6. The molecule has 0 fully saturated rings. The summed E-state index contributed by atoms with van der Waals surface area (Å²) in [6.07, 6.45) is 0.447. The molecule has 2 heterocycles. The van der Waals surface area contributed by atoms with Crippen LogP contribution in [0.1, 0.15) is 65.5 Å². The van der Waals surface area contributed by atoms with Crippen LogP contribution in [-0.4, -0.2) is 49.1 Å². The van der Waals surface area contributed by atoms with Crippen molar-refractivity contribution in [2.75, 3.05) is 11.0 Å². The molecule has 36 heavy (non-hydrogen) atoms. The summed E-state index contributed by atoms with van der Waals surface area (Å²) < 4.78 is 2.83. The number of nitrogens with zero attached hydrogens (tertiary/aromatic N) is 2. The highest BCUT2D eigenvalue weighted by Gasteiger charge is 2.42. The third kappa shape index (κ3) is 7.60. The fourth-order valence-corrected chi connectivity index (χ4v) is 4.60. The first-order valence-corrected chi connectivity index (χ1v) is 13.2. The number of benzene rings is 2. The molecule has 0 aliphatic carbocycles. The van der Waals surface area contributed by atoms with Crippen molar-refractivity contribution in [2.24, 2.45) is 4.99 Å². The molecule has 0 atom stereocenters. The minimum absolute atomic E-state index is 0. The van der Waals surface area contributed by atoms with E-state index in [1.807, 2.05) is 40.8 Å². The summed E-state index contributed by atoms with van der Waals surface area (Å²) in [5.74, 6) is -1.47. The van der Waals surface area contributed by atoms with Crippen LogP contribution in [0.15, 0.2) is 53.5 Å². The lowest BCUT2D eigenvalue weighted by atomic mass is 9.82. The largest absolute Gasteiger partial charge is 1.00 e. The van der Waals surface area contributed by atoms with Gasteiger partial charge in [0.1, 0.15) is 6.42 Å². The quantitative estimate of drug-likeness (QED) is 0.282. The van der Waals surface area contributed by atoms with Crippen molar-refractivity contribution in [3.8, 4) is 0 Å². The lowest BCUT2D eigenvalue weighted by Crippen LogP contribution is -3.00. The monoisotopic (exact) mass is 718 g/mol. The third-order valence-electron chi connectivity index (χ3n) is 6.81. The highest BCUT2D eigenvalue weighted by atomic mass is 127. The zero-order valence-corrected chi connectivity index (χ0v) is 26.1. The van der Waals surface area contributed by atoms with Crippen molar-refractivity contribution in [1.29, 1.82) is 0 Å². The van der Waals surface area contributed by atoms with Crippen LogP contribution in [-0.2, 0) is 20.4 Å². The minimum Gasteiger partial charge on any atom is -1.00 e. The Bertz CT molecular complexity index is 1150. The Morgan fingerprint density at radius 3 is 1.89 bits per heavy atom. The van der Waals surface area contributed by atoms with Gasteiger partial charge in [-0.15, -0.1) is 0 Å². The van der Waals surface area contributed by atoms with Gasteiger partial charge in [-0.3, -0.25) is 14.6 Å². The smallest absolute Gasteiger partial charge is 0.309 e. The fraction of sp³-hybridized carbons (Fsp3) is 0.429. The predicted molar refractivity (Wildman–Crippen MR) is 151 cm³/mol. The Morgan fingerprint density at radius 2 is 1.39 bits per heavy atom. The Balaban J connectivity index is 0.000000298. The van der Waals surface area contributed by atoms with E-state index in [1.54, 1.807) is 0 Å². The maximum absolute atomic E-state index is 10.7. The molecular formula is C28H36I2N2O4. The zero-order valence-electron chi connectivity index (χ0n) is 21.8. The van der Waals surface area contributed by atoms with E-state index in [1.165, 1.54) is 22.6 Å². The summed E-state index contributed by atoms with van der Waals surface area (Å²) in [7, 11) is 0. The van der Waals surface area contributed by atoms with Gasteiger partial charge < -0.3 is 34.2 Å². The Morgan fingerprint density at radius 1 is 0.861 bits per heavy atom. The van der Waals surface area contributed by atoms with E-state index in [0.29, 0.717) is 11.0 Å². The molecule has 0 saturated heterocycles. The van der Waals surface area contributed by atoms with E-state index in [0.717, 1.165) is 11.4 Å². The zero-order chi connectivity index (χ0) is 26.4. The van der Waals surface area contributed by atoms with Gasteiger partial charge in [0.05, 0.1) is 17.5 Å². The number of hydrogen-bond acceptors (Lipinski definition) is 3. The topological polar surface area (TPSA) is 90.0 Å². The van der Waals surface area contributed by atoms with Gasteiger partial charge in [-0.25, -0.2) is 0 Å². The van der Waals surface area contributed by atoms with Crippen LogP contribution >= 0.6 is 22.6 Å². The van der Waals surface area contributed by atoms with Crippen molar-refractivity contribution in [2.45, 2.75) is 65.2 Å². The van der Waals surface area contributed by atoms with Crippen molar-refractivity contribution in [3.05, 3.63) is 59.7 Å². The van der Waals surface area contributed by atoms with Crippen LogP contribution in [0.4, 0.5) is 11.4 Å². The van der Waals surface area contributed by atoms with E-state index in [2.05, 4.69) is 81.4 Å². The standard InChI is InChI=1S/C14H17NO2.C11H13N.C3H5IO2.HI/c1-10-14(2,3)11-6-4-5-7-12(11)15(10)9-8-13(16)17;1-8-11(2,3)9-6-4-5-7-10(9)12-8;4-2-1-3(5)6;/h4-7H,8-9H2,1-3H3;4-7H,1-3H3;1-2H2,(H,5,6);1H. The van der Waals surface area contributed by atoms with E-state index in [-0.39, 0.29) is 47.6 Å². The number of carboxylic acids is 2. The van der Waals surface area contributed by atoms with Gasteiger partial charge >= 0.3 is 11.9 Å². The van der Waals surface area contributed by atoms with Gasteiger partial charge in [0.2, 0.25) is 5.69 Å². The molecule has 0 bridgehead atoms. The SMILES string of the molecule is CC1=Nc2ccccc2C1(C)C.CC1=[N+](CCC(=O)O)c2ccccc2C1(C)C.O=C(O)CCI.[I-]. The molecule has 0 aromatic heterocycles. The maximum atomic E-state index is 10.7. The lowest BCUT2D eigenvalue weighted by molar-refractivity contribution is -0.438. The van der Waals surface area contributed by atoms with Crippen LogP contribution < -0.4 is 24.0 Å². The molecule has 0 spiro atoms. The number of hydrogen-bond donors (Lipinski definition) is 2. The summed E-state index contributed by atoms with van der Waals surface area (Å²) in [6.45, 7) is 13.5. The number of aliphatic carboxylic acids is 2. The number of rotatable bonds is 5.